The van der Waals surface area contributed by atoms with Gasteiger partial charge in [0.25, 0.3) is 0 Å². The number of benzene rings is 1. The second-order valence-corrected chi connectivity index (χ2v) is 6.31. The topological polar surface area (TPSA) is 72.2 Å². The number of aromatic nitrogens is 2. The molecule has 0 aliphatic carbocycles. The lowest BCUT2D eigenvalue weighted by atomic mass is 10.2. The van der Waals surface area contributed by atoms with Gasteiger partial charge >= 0.3 is 0 Å². The van der Waals surface area contributed by atoms with Gasteiger partial charge in [-0.2, -0.15) is 0 Å². The van der Waals surface area contributed by atoms with Gasteiger partial charge in [0.05, 0.1) is 24.3 Å². The number of nitrogens with zero attached hydrogens (tertiary/aromatic N) is 2. The Bertz CT molecular complexity index is 648. The molecule has 0 unspecified atom stereocenters. The molecular weight excluding hydrogens is 264 g/mol. The highest BCUT2D eigenvalue weighted by Gasteiger charge is 2.21. The molecule has 1 N–H and O–H groups in total. The summed E-state index contributed by atoms with van der Waals surface area (Å²) in [6, 6.07) is 9.45. The minimum atomic E-state index is -3.44. The lowest BCUT2D eigenvalue weighted by Crippen LogP contribution is -2.15. The van der Waals surface area contributed by atoms with E-state index in [1.165, 1.54) is 10.8 Å². The first kappa shape index (κ1) is 13.8. The summed E-state index contributed by atoms with van der Waals surface area (Å²) < 4.78 is 25.8. The first-order valence-corrected chi connectivity index (χ1v) is 7.58. The normalized spacial score (nSPS) is 11.7. The Morgan fingerprint density at radius 2 is 1.95 bits per heavy atom. The summed E-state index contributed by atoms with van der Waals surface area (Å²) in [6.07, 6.45) is 1.83. The summed E-state index contributed by atoms with van der Waals surface area (Å²) in [4.78, 5) is 3.89. The largest absolute Gasteiger partial charge is 0.390 e. The molecule has 6 heteroatoms. The van der Waals surface area contributed by atoms with E-state index < -0.39 is 9.84 Å². The van der Waals surface area contributed by atoms with E-state index in [0.717, 1.165) is 5.56 Å². The zero-order valence-electron chi connectivity index (χ0n) is 10.7. The van der Waals surface area contributed by atoms with Crippen LogP contribution in [0.25, 0.3) is 0 Å². The van der Waals surface area contributed by atoms with Crippen LogP contribution in [0.3, 0.4) is 0 Å². The van der Waals surface area contributed by atoms with Crippen LogP contribution in [0.5, 0.6) is 0 Å². The van der Waals surface area contributed by atoms with Gasteiger partial charge in [0.2, 0.25) is 15.0 Å². The van der Waals surface area contributed by atoms with Gasteiger partial charge in [-0.05, 0) is 12.0 Å². The molecule has 0 aliphatic rings. The molecular formula is C13H16N2O3S. The lowest BCUT2D eigenvalue weighted by Gasteiger charge is -2.06. The van der Waals surface area contributed by atoms with Crippen LogP contribution in [0.4, 0.5) is 0 Å². The van der Waals surface area contributed by atoms with Gasteiger partial charge in [-0.15, -0.1) is 0 Å². The van der Waals surface area contributed by atoms with Gasteiger partial charge in [-0.25, -0.2) is 13.4 Å². The molecule has 0 atom stereocenters. The third-order valence-electron chi connectivity index (χ3n) is 2.98. The van der Waals surface area contributed by atoms with Crippen molar-refractivity contribution in [3.63, 3.8) is 0 Å². The highest BCUT2D eigenvalue weighted by Crippen LogP contribution is 2.13. The molecule has 0 saturated heterocycles. The third kappa shape index (κ3) is 3.02. The number of sulfone groups is 1. The predicted molar refractivity (Wildman–Crippen MR) is 71.3 cm³/mol. The third-order valence-corrected chi connectivity index (χ3v) is 4.66. The van der Waals surface area contributed by atoms with E-state index in [0.29, 0.717) is 12.1 Å². The molecule has 0 aliphatic heterocycles. The van der Waals surface area contributed by atoms with Crippen molar-refractivity contribution >= 4 is 9.84 Å². The van der Waals surface area contributed by atoms with Crippen LogP contribution in [0.2, 0.25) is 0 Å². The van der Waals surface area contributed by atoms with Crippen LogP contribution in [-0.2, 0) is 29.9 Å². The number of imidazole rings is 1. The van der Waals surface area contributed by atoms with E-state index >= 15 is 0 Å². The maximum absolute atomic E-state index is 12.2. The lowest BCUT2D eigenvalue weighted by molar-refractivity contribution is 0.271. The average molecular weight is 280 g/mol. The van der Waals surface area contributed by atoms with Crippen LogP contribution in [0.15, 0.2) is 41.7 Å². The summed E-state index contributed by atoms with van der Waals surface area (Å²) >= 11 is 0. The zero-order valence-corrected chi connectivity index (χ0v) is 11.5. The summed E-state index contributed by atoms with van der Waals surface area (Å²) in [7, 11) is -1.85. The van der Waals surface area contributed by atoms with E-state index in [-0.39, 0.29) is 17.5 Å². The second-order valence-electron chi connectivity index (χ2n) is 4.30. The molecule has 5 nitrogen and oxygen atoms in total. The molecule has 2 aromatic rings. The Kier molecular flexibility index (Phi) is 4.01. The van der Waals surface area contributed by atoms with Crippen molar-refractivity contribution in [1.82, 2.24) is 9.55 Å². The number of hydrogen-bond donors (Lipinski definition) is 1. The van der Waals surface area contributed by atoms with Crippen molar-refractivity contribution in [3.05, 3.63) is 47.8 Å². The number of hydrogen-bond acceptors (Lipinski definition) is 4. The van der Waals surface area contributed by atoms with Gasteiger partial charge < -0.3 is 9.67 Å². The fourth-order valence-corrected chi connectivity index (χ4v) is 3.28. The first-order valence-electron chi connectivity index (χ1n) is 5.93. The SMILES string of the molecule is Cn1c(CO)cnc1S(=O)(=O)CCc1ccccc1. The van der Waals surface area contributed by atoms with E-state index in [9.17, 15) is 8.42 Å². The molecule has 0 saturated carbocycles. The minimum Gasteiger partial charge on any atom is -0.390 e. The second kappa shape index (κ2) is 5.54. The van der Waals surface area contributed by atoms with Gasteiger partial charge in [-0.3, -0.25) is 0 Å². The number of aliphatic hydroxyl groups is 1. The summed E-state index contributed by atoms with van der Waals surface area (Å²) in [6.45, 7) is -0.224. The van der Waals surface area contributed by atoms with Crippen molar-refractivity contribution in [2.75, 3.05) is 5.75 Å². The van der Waals surface area contributed by atoms with Crippen LogP contribution >= 0.6 is 0 Å². The maximum atomic E-state index is 12.2. The van der Waals surface area contributed by atoms with Crippen molar-refractivity contribution < 1.29 is 13.5 Å². The quantitative estimate of drug-likeness (QED) is 0.884. The van der Waals surface area contributed by atoms with E-state index in [2.05, 4.69) is 4.98 Å². The van der Waals surface area contributed by atoms with Gasteiger partial charge in [0.15, 0.2) is 0 Å². The van der Waals surface area contributed by atoms with Crippen LogP contribution in [0.1, 0.15) is 11.3 Å². The van der Waals surface area contributed by atoms with Gasteiger partial charge in [-0.1, -0.05) is 30.3 Å². The summed E-state index contributed by atoms with van der Waals surface area (Å²) in [5, 5.41) is 9.06. The fraction of sp³-hybridized carbons (Fsp3) is 0.308. The molecule has 0 spiro atoms. The van der Waals surface area contributed by atoms with E-state index in [1.54, 1.807) is 7.05 Å². The van der Waals surface area contributed by atoms with Crippen molar-refractivity contribution in [3.8, 4) is 0 Å². The molecule has 1 aromatic carbocycles. The van der Waals surface area contributed by atoms with E-state index in [4.69, 9.17) is 5.11 Å². The fourth-order valence-electron chi connectivity index (χ4n) is 1.85. The Morgan fingerprint density at radius 1 is 1.26 bits per heavy atom. The summed E-state index contributed by atoms with van der Waals surface area (Å²) in [5.41, 5.74) is 1.46. The number of rotatable bonds is 5. The van der Waals surface area contributed by atoms with Crippen molar-refractivity contribution in [2.24, 2.45) is 7.05 Å². The molecule has 0 amide bonds. The van der Waals surface area contributed by atoms with Crippen molar-refractivity contribution in [1.29, 1.82) is 0 Å². The minimum absolute atomic E-state index is 0.00668. The Hall–Kier alpha value is -1.66. The van der Waals surface area contributed by atoms with Crippen LogP contribution in [0, 0.1) is 0 Å². The number of aryl methyl sites for hydroxylation is 1. The van der Waals surface area contributed by atoms with E-state index in [1.807, 2.05) is 30.3 Å². The molecule has 0 bridgehead atoms. The average Bonchev–Trinajstić information content (AvgIpc) is 2.79. The smallest absolute Gasteiger partial charge is 0.227 e. The highest BCUT2D eigenvalue weighted by molar-refractivity contribution is 7.91. The molecule has 0 fully saturated rings. The van der Waals surface area contributed by atoms with Crippen LogP contribution < -0.4 is 0 Å². The first-order chi connectivity index (χ1) is 9.04. The summed E-state index contributed by atoms with van der Waals surface area (Å²) in [5.74, 6) is 0.00668. The monoisotopic (exact) mass is 280 g/mol. The highest BCUT2D eigenvalue weighted by atomic mass is 32.2. The van der Waals surface area contributed by atoms with Crippen molar-refractivity contribution in [2.45, 2.75) is 18.2 Å². The Morgan fingerprint density at radius 3 is 2.53 bits per heavy atom. The number of aliphatic hydroxyl groups excluding tert-OH is 1. The molecule has 19 heavy (non-hydrogen) atoms. The Balaban J connectivity index is 2.16. The molecule has 2 rings (SSSR count). The van der Waals surface area contributed by atoms with Gasteiger partial charge in [0, 0.05) is 7.05 Å². The Labute approximate surface area is 112 Å². The zero-order chi connectivity index (χ0) is 13.9. The predicted octanol–water partition coefficient (Wildman–Crippen LogP) is 0.929. The molecule has 0 radical (unpaired) electrons. The van der Waals surface area contributed by atoms with Gasteiger partial charge in [0.1, 0.15) is 0 Å². The molecule has 102 valence electrons. The molecule has 1 aromatic heterocycles. The maximum Gasteiger partial charge on any atom is 0.227 e. The standard InChI is InChI=1S/C13H16N2O3S/c1-15-12(10-16)9-14-13(15)19(17,18)8-7-11-5-3-2-4-6-11/h2-6,9,16H,7-8,10H2,1H3. The molecule has 1 heterocycles. The van der Waals surface area contributed by atoms with Crippen LogP contribution in [-0.4, -0.2) is 28.8 Å².